The Morgan fingerprint density at radius 3 is 2.25 bits per heavy atom. The van der Waals surface area contributed by atoms with E-state index in [-0.39, 0.29) is 35.6 Å². The van der Waals surface area contributed by atoms with E-state index in [1.54, 1.807) is 49.4 Å². The number of rotatable bonds is 8. The maximum atomic E-state index is 12.4. The number of likely N-dealkylation sites (tertiary alicyclic amines) is 1. The van der Waals surface area contributed by atoms with E-state index in [9.17, 15) is 19.5 Å². The Morgan fingerprint density at radius 2 is 1.58 bits per heavy atom. The number of carboxylic acid groups (broad SMARTS) is 1. The minimum Gasteiger partial charge on any atom is -0.489 e. The van der Waals surface area contributed by atoms with Crippen molar-refractivity contribution in [3.8, 4) is 17.2 Å². The summed E-state index contributed by atoms with van der Waals surface area (Å²) in [5.74, 6) is 0.657. The number of carboxylic acids is 1. The van der Waals surface area contributed by atoms with Gasteiger partial charge in [0, 0.05) is 13.5 Å². The lowest BCUT2D eigenvalue weighted by Gasteiger charge is -2.32. The standard InChI is InChI=1S/C28H28N2O6/c1-19(31)30-16-4-5-24(18-30)36-23-14-12-22(13-15-23)35-21-10-8-20(9-11-21)17-27(32)29-26-7-3-2-6-25(26)28(33)34/h2-3,6-15,24H,4-5,16-18H2,1H3,(H,29,32)(H,33,34). The predicted molar refractivity (Wildman–Crippen MR) is 135 cm³/mol. The van der Waals surface area contributed by atoms with Gasteiger partial charge >= 0.3 is 5.97 Å². The van der Waals surface area contributed by atoms with Crippen LogP contribution in [0.5, 0.6) is 17.2 Å². The van der Waals surface area contributed by atoms with Crippen LogP contribution in [0.4, 0.5) is 5.69 Å². The maximum absolute atomic E-state index is 12.4. The van der Waals surface area contributed by atoms with E-state index in [0.717, 1.165) is 30.7 Å². The van der Waals surface area contributed by atoms with E-state index in [4.69, 9.17) is 9.47 Å². The average molecular weight is 489 g/mol. The zero-order chi connectivity index (χ0) is 25.5. The summed E-state index contributed by atoms with van der Waals surface area (Å²) >= 11 is 0. The Morgan fingerprint density at radius 1 is 0.944 bits per heavy atom. The van der Waals surface area contributed by atoms with Gasteiger partial charge in [-0.15, -0.1) is 0 Å². The van der Waals surface area contributed by atoms with Crippen LogP contribution in [0, 0.1) is 0 Å². The van der Waals surface area contributed by atoms with Crippen LogP contribution in [0.15, 0.2) is 72.8 Å². The molecule has 0 spiro atoms. The summed E-state index contributed by atoms with van der Waals surface area (Å²) in [7, 11) is 0. The number of amides is 2. The highest BCUT2D eigenvalue weighted by Crippen LogP contribution is 2.26. The molecule has 2 amide bonds. The second-order valence-corrected chi connectivity index (χ2v) is 8.64. The molecule has 1 unspecified atom stereocenters. The first kappa shape index (κ1) is 24.8. The fourth-order valence-corrected chi connectivity index (χ4v) is 4.07. The summed E-state index contributed by atoms with van der Waals surface area (Å²) in [6.07, 6.45) is 1.93. The molecule has 1 aliphatic rings. The minimum atomic E-state index is -1.10. The number of hydrogen-bond donors (Lipinski definition) is 2. The van der Waals surface area contributed by atoms with Gasteiger partial charge < -0.3 is 24.8 Å². The van der Waals surface area contributed by atoms with E-state index >= 15 is 0 Å². The van der Waals surface area contributed by atoms with Crippen molar-refractivity contribution < 1.29 is 29.0 Å². The summed E-state index contributed by atoms with van der Waals surface area (Å²) in [5.41, 5.74) is 1.08. The number of ether oxygens (including phenoxy) is 2. The Balaban J connectivity index is 1.29. The molecular weight excluding hydrogens is 460 g/mol. The Bertz CT molecular complexity index is 1220. The van der Waals surface area contributed by atoms with Gasteiger partial charge in [0.05, 0.1) is 24.2 Å². The zero-order valence-corrected chi connectivity index (χ0v) is 20.0. The molecule has 36 heavy (non-hydrogen) atoms. The fourth-order valence-electron chi connectivity index (χ4n) is 4.07. The topological polar surface area (TPSA) is 105 Å². The minimum absolute atomic E-state index is 0.0169. The number of aromatic carboxylic acids is 1. The van der Waals surface area contributed by atoms with Gasteiger partial charge in [0.1, 0.15) is 23.4 Å². The molecule has 0 aromatic heterocycles. The first-order valence-corrected chi connectivity index (χ1v) is 11.8. The SMILES string of the molecule is CC(=O)N1CCCC(Oc2ccc(Oc3ccc(CC(=O)Nc4ccccc4C(=O)O)cc3)cc2)C1. The van der Waals surface area contributed by atoms with Crippen molar-refractivity contribution in [3.63, 3.8) is 0 Å². The van der Waals surface area contributed by atoms with Gasteiger partial charge in [-0.1, -0.05) is 24.3 Å². The number of hydrogen-bond acceptors (Lipinski definition) is 5. The highest BCUT2D eigenvalue weighted by Gasteiger charge is 2.22. The average Bonchev–Trinajstić information content (AvgIpc) is 2.87. The smallest absolute Gasteiger partial charge is 0.337 e. The van der Waals surface area contributed by atoms with Gasteiger partial charge in [0.15, 0.2) is 0 Å². The van der Waals surface area contributed by atoms with Crippen LogP contribution in [0.1, 0.15) is 35.7 Å². The largest absolute Gasteiger partial charge is 0.489 e. The van der Waals surface area contributed by atoms with Crippen molar-refractivity contribution in [2.75, 3.05) is 18.4 Å². The molecule has 1 fully saturated rings. The van der Waals surface area contributed by atoms with Gasteiger partial charge in [-0.25, -0.2) is 4.79 Å². The molecule has 0 bridgehead atoms. The van der Waals surface area contributed by atoms with Gasteiger partial charge in [0.25, 0.3) is 0 Å². The number of carbonyl (C=O) groups is 3. The Kier molecular flexibility index (Phi) is 7.85. The highest BCUT2D eigenvalue weighted by atomic mass is 16.5. The molecule has 3 aromatic rings. The summed E-state index contributed by atoms with van der Waals surface area (Å²) < 4.78 is 11.9. The lowest BCUT2D eigenvalue weighted by molar-refractivity contribution is -0.131. The van der Waals surface area contributed by atoms with E-state index in [1.165, 1.54) is 6.07 Å². The van der Waals surface area contributed by atoms with E-state index in [0.29, 0.717) is 18.0 Å². The maximum Gasteiger partial charge on any atom is 0.337 e. The molecule has 1 atom stereocenters. The normalized spacial score (nSPS) is 15.1. The second kappa shape index (κ2) is 11.4. The van der Waals surface area contributed by atoms with Crippen molar-refractivity contribution in [2.45, 2.75) is 32.3 Å². The molecule has 0 aliphatic carbocycles. The van der Waals surface area contributed by atoms with Crippen LogP contribution in [-0.2, 0) is 16.0 Å². The van der Waals surface area contributed by atoms with Crippen molar-refractivity contribution in [3.05, 3.63) is 83.9 Å². The Labute approximate surface area is 209 Å². The van der Waals surface area contributed by atoms with Crippen molar-refractivity contribution in [2.24, 2.45) is 0 Å². The van der Waals surface area contributed by atoms with Crippen LogP contribution >= 0.6 is 0 Å². The van der Waals surface area contributed by atoms with E-state index in [2.05, 4.69) is 5.32 Å². The molecule has 8 heteroatoms. The number of para-hydroxylation sites is 1. The number of nitrogens with one attached hydrogen (secondary N) is 1. The number of carbonyl (C=O) groups excluding carboxylic acids is 2. The molecule has 1 aliphatic heterocycles. The van der Waals surface area contributed by atoms with Crippen LogP contribution in [0.2, 0.25) is 0 Å². The van der Waals surface area contributed by atoms with Crippen LogP contribution in [-0.4, -0.2) is 47.0 Å². The van der Waals surface area contributed by atoms with Crippen molar-refractivity contribution >= 4 is 23.5 Å². The quantitative estimate of drug-likeness (QED) is 0.474. The number of piperidine rings is 1. The predicted octanol–water partition coefficient (Wildman–Crippen LogP) is 4.75. The van der Waals surface area contributed by atoms with Gasteiger partial charge in [-0.2, -0.15) is 0 Å². The molecule has 1 heterocycles. The third-order valence-corrected chi connectivity index (χ3v) is 5.91. The van der Waals surface area contributed by atoms with Crippen LogP contribution in [0.25, 0.3) is 0 Å². The third-order valence-electron chi connectivity index (χ3n) is 5.91. The molecule has 2 N–H and O–H groups in total. The molecular formula is C28H28N2O6. The number of nitrogens with zero attached hydrogens (tertiary/aromatic N) is 1. The lowest BCUT2D eigenvalue weighted by atomic mass is 10.1. The monoisotopic (exact) mass is 488 g/mol. The first-order valence-electron chi connectivity index (χ1n) is 11.8. The first-order chi connectivity index (χ1) is 17.4. The molecule has 0 saturated carbocycles. The van der Waals surface area contributed by atoms with Crippen molar-refractivity contribution in [1.29, 1.82) is 0 Å². The lowest BCUT2D eigenvalue weighted by Crippen LogP contribution is -2.43. The molecule has 0 radical (unpaired) electrons. The summed E-state index contributed by atoms with van der Waals surface area (Å²) in [6, 6.07) is 20.7. The van der Waals surface area contributed by atoms with E-state index in [1.807, 2.05) is 29.2 Å². The van der Waals surface area contributed by atoms with Crippen LogP contribution < -0.4 is 14.8 Å². The van der Waals surface area contributed by atoms with Gasteiger partial charge in [-0.05, 0) is 66.9 Å². The van der Waals surface area contributed by atoms with Gasteiger partial charge in [0.2, 0.25) is 11.8 Å². The van der Waals surface area contributed by atoms with Crippen LogP contribution in [0.3, 0.4) is 0 Å². The third kappa shape index (κ3) is 6.63. The molecule has 1 saturated heterocycles. The molecule has 186 valence electrons. The second-order valence-electron chi connectivity index (χ2n) is 8.64. The summed E-state index contributed by atoms with van der Waals surface area (Å²) in [4.78, 5) is 37.1. The fraction of sp³-hybridized carbons (Fsp3) is 0.250. The van der Waals surface area contributed by atoms with Gasteiger partial charge in [-0.3, -0.25) is 9.59 Å². The highest BCUT2D eigenvalue weighted by molar-refractivity contribution is 6.01. The molecule has 3 aromatic carbocycles. The zero-order valence-electron chi connectivity index (χ0n) is 20.0. The molecule has 4 rings (SSSR count). The number of anilines is 1. The summed E-state index contributed by atoms with van der Waals surface area (Å²) in [6.45, 7) is 2.96. The summed E-state index contributed by atoms with van der Waals surface area (Å²) in [5, 5.41) is 11.9. The number of benzene rings is 3. The van der Waals surface area contributed by atoms with Crippen molar-refractivity contribution in [1.82, 2.24) is 4.90 Å². The molecule has 8 nitrogen and oxygen atoms in total. The van der Waals surface area contributed by atoms with E-state index < -0.39 is 5.97 Å². The Hall–Kier alpha value is -4.33.